The first-order chi connectivity index (χ1) is 15.6. The van der Waals surface area contributed by atoms with Crippen molar-refractivity contribution in [3.8, 4) is 0 Å². The molecule has 1 saturated heterocycles. The summed E-state index contributed by atoms with van der Waals surface area (Å²) in [4.78, 5) is 30.5. The molecule has 8 heteroatoms. The van der Waals surface area contributed by atoms with Crippen molar-refractivity contribution in [3.05, 3.63) is 65.2 Å². The Morgan fingerprint density at radius 1 is 1.09 bits per heavy atom. The number of benzene rings is 2. The van der Waals surface area contributed by atoms with Gasteiger partial charge in [0.2, 0.25) is 11.8 Å². The Kier molecular flexibility index (Phi) is 9.11. The molecule has 0 bridgehead atoms. The number of carbonyl (C=O) groups is 2. The first-order valence-electron chi connectivity index (χ1n) is 11.4. The quantitative estimate of drug-likeness (QED) is 0.274. The van der Waals surface area contributed by atoms with Gasteiger partial charge >= 0.3 is 0 Å². The van der Waals surface area contributed by atoms with Gasteiger partial charge in [-0.25, -0.2) is 4.99 Å². The van der Waals surface area contributed by atoms with Crippen LogP contribution in [0, 0.1) is 0 Å². The van der Waals surface area contributed by atoms with Gasteiger partial charge in [0.1, 0.15) is 0 Å². The zero-order valence-corrected chi connectivity index (χ0v) is 21.3. The zero-order chi connectivity index (χ0) is 22.3. The first-order valence-corrected chi connectivity index (χ1v) is 11.4. The summed E-state index contributed by atoms with van der Waals surface area (Å²) in [7, 11) is 0. The molecule has 2 heterocycles. The van der Waals surface area contributed by atoms with Crippen LogP contribution < -0.4 is 16.0 Å². The van der Waals surface area contributed by atoms with Crippen molar-refractivity contribution in [3.63, 3.8) is 0 Å². The van der Waals surface area contributed by atoms with Gasteiger partial charge in [-0.1, -0.05) is 42.5 Å². The fourth-order valence-electron chi connectivity index (χ4n) is 4.26. The van der Waals surface area contributed by atoms with Crippen LogP contribution in [0.15, 0.2) is 53.5 Å². The van der Waals surface area contributed by atoms with E-state index in [1.54, 1.807) is 0 Å². The van der Waals surface area contributed by atoms with Crippen LogP contribution in [0.3, 0.4) is 0 Å². The molecule has 7 nitrogen and oxygen atoms in total. The third-order valence-electron chi connectivity index (χ3n) is 5.95. The molecule has 0 radical (unpaired) electrons. The Hall–Kier alpha value is -2.62. The van der Waals surface area contributed by atoms with Crippen LogP contribution in [-0.4, -0.2) is 42.3 Å². The van der Waals surface area contributed by atoms with E-state index in [4.69, 9.17) is 4.99 Å². The number of hydrogen-bond donors (Lipinski definition) is 3. The lowest BCUT2D eigenvalue weighted by Gasteiger charge is -2.26. The zero-order valence-electron chi connectivity index (χ0n) is 19.0. The second-order valence-electron chi connectivity index (χ2n) is 8.35. The topological polar surface area (TPSA) is 85.8 Å². The van der Waals surface area contributed by atoms with Gasteiger partial charge in [-0.2, -0.15) is 0 Å². The molecule has 1 atom stereocenters. The molecule has 2 aliphatic heterocycles. The lowest BCUT2D eigenvalue weighted by atomic mass is 9.90. The highest BCUT2D eigenvalue weighted by Crippen LogP contribution is 2.31. The summed E-state index contributed by atoms with van der Waals surface area (Å²) in [5.41, 5.74) is 4.31. The lowest BCUT2D eigenvalue weighted by molar-refractivity contribution is -0.128. The normalized spacial score (nSPS) is 17.8. The minimum absolute atomic E-state index is 0. The maximum absolute atomic E-state index is 12.1. The molecule has 0 spiro atoms. The van der Waals surface area contributed by atoms with Crippen molar-refractivity contribution >= 4 is 47.4 Å². The highest BCUT2D eigenvalue weighted by atomic mass is 127. The summed E-state index contributed by atoms with van der Waals surface area (Å²) in [5.74, 6) is 1.14. The van der Waals surface area contributed by atoms with Gasteiger partial charge in [-0.15, -0.1) is 24.0 Å². The number of carbonyl (C=O) groups excluding carboxylic acids is 2. The third-order valence-corrected chi connectivity index (χ3v) is 5.95. The van der Waals surface area contributed by atoms with Crippen LogP contribution >= 0.6 is 24.0 Å². The molecule has 33 heavy (non-hydrogen) atoms. The van der Waals surface area contributed by atoms with Crippen molar-refractivity contribution in [1.29, 1.82) is 0 Å². The van der Waals surface area contributed by atoms with Crippen LogP contribution in [0.4, 0.5) is 5.69 Å². The van der Waals surface area contributed by atoms with E-state index in [0.29, 0.717) is 32.5 Å². The molecular weight excluding hydrogens is 529 g/mol. The van der Waals surface area contributed by atoms with Crippen LogP contribution in [-0.2, 0) is 22.7 Å². The highest BCUT2D eigenvalue weighted by molar-refractivity contribution is 14.0. The van der Waals surface area contributed by atoms with Crippen molar-refractivity contribution < 1.29 is 9.59 Å². The standard InChI is InChI=1S/C25H31N5O2.HI/c1-2-26-25(28-16-20-14-23(31)29-22-7-4-3-6-21(20)22)27-15-18-9-11-19(12-10-18)17-30-13-5-8-24(30)32;/h3-4,6-7,9-12,20H,2,5,8,13-17H2,1H3,(H,29,31)(H2,26,27,28);1H. The van der Waals surface area contributed by atoms with Crippen molar-refractivity contribution in [2.75, 3.05) is 25.0 Å². The molecule has 3 N–H and O–H groups in total. The van der Waals surface area contributed by atoms with Gasteiger partial charge in [0.15, 0.2) is 5.96 Å². The Morgan fingerprint density at radius 2 is 1.85 bits per heavy atom. The third kappa shape index (κ3) is 6.69. The number of rotatable bonds is 7. The molecule has 0 aromatic heterocycles. The Balaban J connectivity index is 0.00000306. The van der Waals surface area contributed by atoms with Gasteiger partial charge in [-0.05, 0) is 36.1 Å². The molecule has 0 aliphatic carbocycles. The van der Waals surface area contributed by atoms with E-state index in [2.05, 4.69) is 46.3 Å². The Bertz CT molecular complexity index is 993. The maximum atomic E-state index is 12.1. The molecular formula is C25H32IN5O2. The van der Waals surface area contributed by atoms with E-state index in [9.17, 15) is 9.59 Å². The van der Waals surface area contributed by atoms with Gasteiger partial charge in [0.05, 0.1) is 6.54 Å². The highest BCUT2D eigenvalue weighted by Gasteiger charge is 2.24. The number of likely N-dealkylation sites (tertiary alicyclic amines) is 1. The first kappa shape index (κ1) is 25.0. The number of amides is 2. The van der Waals surface area contributed by atoms with Crippen LogP contribution in [0.25, 0.3) is 0 Å². The van der Waals surface area contributed by atoms with E-state index in [1.165, 1.54) is 0 Å². The molecule has 2 amide bonds. The van der Waals surface area contributed by atoms with E-state index < -0.39 is 0 Å². The number of aliphatic imine (C=N–C) groups is 1. The second-order valence-corrected chi connectivity index (χ2v) is 8.35. The average molecular weight is 561 g/mol. The smallest absolute Gasteiger partial charge is 0.225 e. The number of nitrogens with one attached hydrogen (secondary N) is 3. The Morgan fingerprint density at radius 3 is 2.58 bits per heavy atom. The number of halogens is 1. The number of nitrogens with zero attached hydrogens (tertiary/aromatic N) is 2. The average Bonchev–Trinajstić information content (AvgIpc) is 3.20. The van der Waals surface area contributed by atoms with E-state index in [0.717, 1.165) is 47.8 Å². The minimum Gasteiger partial charge on any atom is -0.357 e. The maximum Gasteiger partial charge on any atom is 0.225 e. The summed E-state index contributed by atoms with van der Waals surface area (Å²) < 4.78 is 0. The predicted octanol–water partition coefficient (Wildman–Crippen LogP) is 3.61. The van der Waals surface area contributed by atoms with Gasteiger partial charge in [-0.3, -0.25) is 9.59 Å². The predicted molar refractivity (Wildman–Crippen MR) is 142 cm³/mol. The minimum atomic E-state index is 0. The van der Waals surface area contributed by atoms with Gasteiger partial charge in [0, 0.05) is 50.6 Å². The van der Waals surface area contributed by atoms with Crippen LogP contribution in [0.5, 0.6) is 0 Å². The summed E-state index contributed by atoms with van der Waals surface area (Å²) in [5, 5.41) is 9.63. The van der Waals surface area contributed by atoms with Crippen molar-refractivity contribution in [2.45, 2.75) is 45.2 Å². The Labute approximate surface area is 212 Å². The van der Waals surface area contributed by atoms with Gasteiger partial charge < -0.3 is 20.9 Å². The summed E-state index contributed by atoms with van der Waals surface area (Å²) >= 11 is 0. The monoisotopic (exact) mass is 561 g/mol. The largest absolute Gasteiger partial charge is 0.357 e. The molecule has 1 fully saturated rings. The van der Waals surface area contributed by atoms with E-state index >= 15 is 0 Å². The molecule has 2 aliphatic rings. The summed E-state index contributed by atoms with van der Waals surface area (Å²) in [6.45, 7) is 5.53. The lowest BCUT2D eigenvalue weighted by Crippen LogP contribution is -2.40. The fourth-order valence-corrected chi connectivity index (χ4v) is 4.26. The van der Waals surface area contributed by atoms with Crippen molar-refractivity contribution in [1.82, 2.24) is 15.5 Å². The number of guanidine groups is 1. The number of anilines is 1. The molecule has 4 rings (SSSR count). The summed E-state index contributed by atoms with van der Waals surface area (Å²) in [6.07, 6.45) is 2.09. The number of hydrogen-bond acceptors (Lipinski definition) is 3. The number of para-hydroxylation sites is 1. The molecule has 0 saturated carbocycles. The van der Waals surface area contributed by atoms with Crippen molar-refractivity contribution in [2.24, 2.45) is 4.99 Å². The SMILES string of the molecule is CCNC(=NCc1ccc(CN2CCCC2=O)cc1)NCC1CC(=O)Nc2ccccc21.I. The van der Waals surface area contributed by atoms with Crippen LogP contribution in [0.1, 0.15) is 48.8 Å². The molecule has 2 aromatic rings. The molecule has 176 valence electrons. The van der Waals surface area contributed by atoms with Gasteiger partial charge in [0.25, 0.3) is 0 Å². The molecule has 2 aromatic carbocycles. The molecule has 1 unspecified atom stereocenters. The summed E-state index contributed by atoms with van der Waals surface area (Å²) in [6, 6.07) is 16.3. The van der Waals surface area contributed by atoms with E-state index in [1.807, 2.05) is 30.0 Å². The fraction of sp³-hybridized carbons (Fsp3) is 0.400. The van der Waals surface area contributed by atoms with E-state index in [-0.39, 0.29) is 41.7 Å². The number of fused-ring (bicyclic) bond motifs is 1. The van der Waals surface area contributed by atoms with Crippen LogP contribution in [0.2, 0.25) is 0 Å². The second kappa shape index (κ2) is 12.0.